The van der Waals surface area contributed by atoms with Crippen LogP contribution >= 0.6 is 23.2 Å². The molecule has 0 atom stereocenters. The van der Waals surface area contributed by atoms with Crippen molar-refractivity contribution in [2.75, 3.05) is 22.9 Å². The lowest BCUT2D eigenvalue weighted by molar-refractivity contribution is 0.0985. The number of anilines is 2. The monoisotopic (exact) mass is 453 g/mol. The predicted octanol–water partition coefficient (Wildman–Crippen LogP) is 5.99. The highest BCUT2D eigenvalue weighted by molar-refractivity contribution is 6.34. The molecule has 0 N–H and O–H groups in total. The molecule has 2 aromatic heterocycles. The fourth-order valence-corrected chi connectivity index (χ4v) is 4.48. The van der Waals surface area contributed by atoms with Crippen LogP contribution in [0.3, 0.4) is 0 Å². The van der Waals surface area contributed by atoms with Crippen LogP contribution in [0.1, 0.15) is 23.2 Å². The Labute approximate surface area is 188 Å². The molecule has 2 bridgehead atoms. The van der Waals surface area contributed by atoms with E-state index in [9.17, 15) is 4.79 Å². The fourth-order valence-electron chi connectivity index (χ4n) is 4.17. The van der Waals surface area contributed by atoms with Crippen LogP contribution in [0.4, 0.5) is 11.4 Å². The topological polar surface area (TPSA) is 58.8 Å². The van der Waals surface area contributed by atoms with Gasteiger partial charge in [0.25, 0.3) is 5.91 Å². The molecule has 0 unspecified atom stereocenters. The largest absolute Gasteiger partial charge is 0.451 e. The van der Waals surface area contributed by atoms with Gasteiger partial charge in [-0.05, 0) is 37.1 Å². The van der Waals surface area contributed by atoms with Crippen molar-refractivity contribution < 1.29 is 13.9 Å². The van der Waals surface area contributed by atoms with Crippen molar-refractivity contribution in [1.29, 1.82) is 0 Å². The number of benzene rings is 2. The van der Waals surface area contributed by atoms with Gasteiger partial charge in [-0.3, -0.25) is 4.79 Å². The quantitative estimate of drug-likeness (QED) is 0.379. The Morgan fingerprint density at radius 1 is 1.10 bits per heavy atom. The molecule has 1 amide bonds. The van der Waals surface area contributed by atoms with Gasteiger partial charge in [0.1, 0.15) is 11.3 Å². The number of hydrogen-bond acceptors (Lipinski definition) is 5. The summed E-state index contributed by atoms with van der Waals surface area (Å²) in [5.74, 6) is 0.449. The summed E-state index contributed by atoms with van der Waals surface area (Å²) in [4.78, 5) is 22.1. The molecule has 0 radical (unpaired) electrons. The van der Waals surface area contributed by atoms with Gasteiger partial charge < -0.3 is 19.0 Å². The molecule has 1 fully saturated rings. The van der Waals surface area contributed by atoms with E-state index in [4.69, 9.17) is 32.4 Å². The lowest BCUT2D eigenvalue weighted by Crippen LogP contribution is -2.45. The average Bonchev–Trinajstić information content (AvgIpc) is 3.43. The lowest BCUT2D eigenvalue weighted by atomic mass is 10.1. The van der Waals surface area contributed by atoms with E-state index in [2.05, 4.69) is 16.0 Å². The highest BCUT2D eigenvalue weighted by Crippen LogP contribution is 2.44. The lowest BCUT2D eigenvalue weighted by Gasteiger charge is -2.37. The maximum Gasteiger partial charge on any atom is 0.267 e. The molecule has 2 aromatic carbocycles. The molecule has 4 aromatic rings. The summed E-state index contributed by atoms with van der Waals surface area (Å²) in [5.41, 5.74) is 2.89. The van der Waals surface area contributed by atoms with Crippen molar-refractivity contribution in [1.82, 2.24) is 4.98 Å². The molecular weight excluding hydrogens is 437 g/mol. The van der Waals surface area contributed by atoms with Crippen LogP contribution < -0.4 is 14.5 Å². The van der Waals surface area contributed by atoms with Crippen LogP contribution in [-0.4, -0.2) is 30.0 Å². The van der Waals surface area contributed by atoms with Crippen molar-refractivity contribution in [2.24, 2.45) is 0 Å². The molecule has 3 heterocycles. The van der Waals surface area contributed by atoms with Crippen LogP contribution in [0.15, 0.2) is 53.1 Å². The van der Waals surface area contributed by atoms with Crippen molar-refractivity contribution >= 4 is 51.8 Å². The summed E-state index contributed by atoms with van der Waals surface area (Å²) in [6.07, 6.45) is 3.94. The van der Waals surface area contributed by atoms with Crippen molar-refractivity contribution in [3.8, 4) is 11.5 Å². The molecule has 31 heavy (non-hydrogen) atoms. The summed E-state index contributed by atoms with van der Waals surface area (Å²) in [5, 5.41) is 0.866. The SMILES string of the molecule is O=C(c1c(Oc2cc(Cl)ccc2Cl)c2cnc1o2)N1CCN(C2CC2)c2ccccc21. The van der Waals surface area contributed by atoms with Gasteiger partial charge >= 0.3 is 0 Å². The third-order valence-electron chi connectivity index (χ3n) is 5.77. The third kappa shape index (κ3) is 3.09. The number of nitrogens with zero attached hydrogens (tertiary/aromatic N) is 3. The van der Waals surface area contributed by atoms with Gasteiger partial charge in [-0.15, -0.1) is 0 Å². The number of ether oxygens (including phenoxy) is 1. The minimum absolute atomic E-state index is 0.210. The first kappa shape index (κ1) is 18.8. The van der Waals surface area contributed by atoms with E-state index in [1.165, 1.54) is 12.8 Å². The summed E-state index contributed by atoms with van der Waals surface area (Å²) in [6.45, 7) is 1.36. The number of carbonyl (C=O) groups is 1. The molecule has 1 aliphatic heterocycles. The Kier molecular flexibility index (Phi) is 4.26. The Balaban J connectivity index is 1.40. The number of rotatable bonds is 4. The molecule has 0 saturated heterocycles. The van der Waals surface area contributed by atoms with E-state index < -0.39 is 0 Å². The zero-order valence-corrected chi connectivity index (χ0v) is 17.9. The standard InChI is InChI=1S/C23H17Cl2N3O3/c24-13-5-8-15(25)18(11-13)30-21-19-12-26-22(31-19)20(21)23(29)28-10-9-27(14-6-7-14)16-3-1-2-4-17(16)28/h1-5,8,11-12,14H,6-7,9-10H2. The third-order valence-corrected chi connectivity index (χ3v) is 6.32. The van der Waals surface area contributed by atoms with E-state index in [1.807, 2.05) is 18.2 Å². The Hall–Kier alpha value is -2.96. The maximum absolute atomic E-state index is 13.7. The summed E-state index contributed by atoms with van der Waals surface area (Å²) < 4.78 is 11.7. The number of amides is 1. The van der Waals surface area contributed by atoms with Gasteiger partial charge in [0.15, 0.2) is 11.3 Å². The van der Waals surface area contributed by atoms with Crippen molar-refractivity contribution in [3.63, 3.8) is 0 Å². The first-order chi connectivity index (χ1) is 15.1. The van der Waals surface area contributed by atoms with E-state index >= 15 is 0 Å². The molecule has 6 rings (SSSR count). The van der Waals surface area contributed by atoms with Gasteiger partial charge in [0, 0.05) is 30.2 Å². The second-order valence-corrected chi connectivity index (χ2v) is 8.62. The number of hydrogen-bond donors (Lipinski definition) is 0. The Morgan fingerprint density at radius 2 is 1.90 bits per heavy atom. The number of para-hydroxylation sites is 2. The second kappa shape index (κ2) is 7.04. The van der Waals surface area contributed by atoms with Crippen LogP contribution in [-0.2, 0) is 0 Å². The molecule has 8 heteroatoms. The Morgan fingerprint density at radius 3 is 2.71 bits per heavy atom. The number of fused-ring (bicyclic) bond motifs is 3. The van der Waals surface area contributed by atoms with E-state index in [0.29, 0.717) is 45.3 Å². The first-order valence-electron chi connectivity index (χ1n) is 10.1. The maximum atomic E-state index is 13.7. The van der Waals surface area contributed by atoms with Crippen LogP contribution in [0.25, 0.3) is 11.3 Å². The molecule has 1 saturated carbocycles. The summed E-state index contributed by atoms with van der Waals surface area (Å²) >= 11 is 12.4. The highest BCUT2D eigenvalue weighted by atomic mass is 35.5. The molecule has 6 nitrogen and oxygen atoms in total. The molecule has 2 aliphatic rings. The van der Waals surface area contributed by atoms with E-state index in [-0.39, 0.29) is 11.6 Å². The number of carbonyl (C=O) groups excluding carboxylic acids is 1. The van der Waals surface area contributed by atoms with Gasteiger partial charge in [0.05, 0.1) is 22.6 Å². The minimum Gasteiger partial charge on any atom is -0.451 e. The van der Waals surface area contributed by atoms with Gasteiger partial charge in [-0.1, -0.05) is 35.3 Å². The van der Waals surface area contributed by atoms with Crippen LogP contribution in [0.5, 0.6) is 11.5 Å². The van der Waals surface area contributed by atoms with E-state index in [0.717, 1.165) is 17.9 Å². The van der Waals surface area contributed by atoms with Crippen molar-refractivity contribution in [3.05, 3.63) is 64.3 Å². The summed E-state index contributed by atoms with van der Waals surface area (Å²) in [7, 11) is 0. The number of oxazole rings is 1. The number of pyridine rings is 1. The minimum atomic E-state index is -0.210. The van der Waals surface area contributed by atoms with Crippen LogP contribution in [0, 0.1) is 0 Å². The number of furan rings is 1. The highest BCUT2D eigenvalue weighted by Gasteiger charge is 2.38. The molecular formula is C23H17Cl2N3O3. The van der Waals surface area contributed by atoms with Gasteiger partial charge in [-0.2, -0.15) is 0 Å². The predicted molar refractivity (Wildman–Crippen MR) is 120 cm³/mol. The van der Waals surface area contributed by atoms with Gasteiger partial charge in [-0.25, -0.2) is 4.98 Å². The normalized spacial score (nSPS) is 16.1. The smallest absolute Gasteiger partial charge is 0.267 e. The van der Waals surface area contributed by atoms with Crippen LogP contribution in [0.2, 0.25) is 10.0 Å². The summed E-state index contributed by atoms with van der Waals surface area (Å²) in [6, 6.07) is 13.5. The number of halogens is 2. The Bertz CT molecular complexity index is 1300. The van der Waals surface area contributed by atoms with Gasteiger partial charge in [0.2, 0.25) is 5.71 Å². The molecule has 0 spiro atoms. The zero-order valence-electron chi connectivity index (χ0n) is 16.3. The van der Waals surface area contributed by atoms with Crippen molar-refractivity contribution in [2.45, 2.75) is 18.9 Å². The first-order valence-corrected chi connectivity index (χ1v) is 10.9. The molecule has 156 valence electrons. The zero-order chi connectivity index (χ0) is 21.1. The molecule has 1 aliphatic carbocycles. The second-order valence-electron chi connectivity index (χ2n) is 7.78. The number of aromatic nitrogens is 1. The fraction of sp³-hybridized carbons (Fsp3) is 0.217. The average molecular weight is 454 g/mol. The van der Waals surface area contributed by atoms with E-state index in [1.54, 1.807) is 29.3 Å².